The van der Waals surface area contributed by atoms with Crippen LogP contribution in [0.3, 0.4) is 0 Å². The first-order chi connectivity index (χ1) is 9.99. The molecular formula is C15H28N2O4. The number of amides is 2. The minimum Gasteiger partial charge on any atom is -0.480 e. The normalized spacial score (nSPS) is 21.9. The van der Waals surface area contributed by atoms with Gasteiger partial charge in [0.1, 0.15) is 6.54 Å². The van der Waals surface area contributed by atoms with Gasteiger partial charge >= 0.3 is 12.0 Å². The minimum absolute atomic E-state index is 0.214. The van der Waals surface area contributed by atoms with Gasteiger partial charge in [-0.2, -0.15) is 0 Å². The first kappa shape index (κ1) is 17.8. The summed E-state index contributed by atoms with van der Waals surface area (Å²) in [7, 11) is 3.32. The third-order valence-corrected chi connectivity index (χ3v) is 4.41. The number of carbonyl (C=O) groups is 2. The third-order valence-electron chi connectivity index (χ3n) is 4.41. The number of aliphatic carboxylic acids is 1. The Morgan fingerprint density at radius 2 is 1.86 bits per heavy atom. The molecule has 21 heavy (non-hydrogen) atoms. The minimum atomic E-state index is -0.998. The fourth-order valence-electron chi connectivity index (χ4n) is 2.93. The van der Waals surface area contributed by atoms with Crippen molar-refractivity contribution in [2.45, 2.75) is 45.1 Å². The first-order valence-corrected chi connectivity index (χ1v) is 7.72. The Morgan fingerprint density at radius 1 is 1.24 bits per heavy atom. The number of carboxylic acids is 1. The molecule has 122 valence electrons. The van der Waals surface area contributed by atoms with Gasteiger partial charge < -0.3 is 19.6 Å². The van der Waals surface area contributed by atoms with Gasteiger partial charge in [-0.25, -0.2) is 4.79 Å². The fraction of sp³-hybridized carbons (Fsp3) is 0.867. The molecule has 0 aromatic carbocycles. The Bertz CT molecular complexity index is 341. The summed E-state index contributed by atoms with van der Waals surface area (Å²) in [6.07, 6.45) is 5.51. The second-order valence-corrected chi connectivity index (χ2v) is 5.78. The Labute approximate surface area is 127 Å². The van der Waals surface area contributed by atoms with Crippen molar-refractivity contribution in [2.24, 2.45) is 5.92 Å². The maximum absolute atomic E-state index is 12.5. The van der Waals surface area contributed by atoms with Crippen LogP contribution in [0.15, 0.2) is 0 Å². The number of ether oxygens (including phenoxy) is 1. The molecule has 6 heteroatoms. The van der Waals surface area contributed by atoms with Crippen molar-refractivity contribution in [2.75, 3.05) is 33.9 Å². The highest BCUT2D eigenvalue weighted by molar-refractivity contribution is 5.80. The average Bonchev–Trinajstić information content (AvgIpc) is 2.49. The van der Waals surface area contributed by atoms with Crippen LogP contribution in [0.2, 0.25) is 0 Å². The molecule has 0 aromatic heterocycles. The third kappa shape index (κ3) is 5.53. The zero-order valence-electron chi connectivity index (χ0n) is 13.4. The van der Waals surface area contributed by atoms with Crippen molar-refractivity contribution in [1.29, 1.82) is 0 Å². The molecule has 0 atom stereocenters. The molecule has 0 bridgehead atoms. The summed E-state index contributed by atoms with van der Waals surface area (Å²) in [5.41, 5.74) is 0. The highest BCUT2D eigenvalue weighted by Crippen LogP contribution is 2.29. The average molecular weight is 300 g/mol. The molecule has 1 fully saturated rings. The van der Waals surface area contributed by atoms with E-state index in [0.717, 1.165) is 31.6 Å². The topological polar surface area (TPSA) is 70.1 Å². The number of carboxylic acid groups (broad SMARTS) is 1. The predicted molar refractivity (Wildman–Crippen MR) is 80.3 cm³/mol. The number of methoxy groups -OCH3 is 1. The predicted octanol–water partition coefficient (Wildman–Crippen LogP) is 2.04. The monoisotopic (exact) mass is 300 g/mol. The van der Waals surface area contributed by atoms with Crippen LogP contribution in [0.1, 0.15) is 39.0 Å². The van der Waals surface area contributed by atoms with E-state index in [9.17, 15) is 9.59 Å². The number of hydrogen-bond donors (Lipinski definition) is 1. The summed E-state index contributed by atoms with van der Waals surface area (Å²) >= 11 is 0. The molecule has 0 radical (unpaired) electrons. The zero-order chi connectivity index (χ0) is 15.8. The van der Waals surface area contributed by atoms with E-state index in [1.54, 1.807) is 19.1 Å². The van der Waals surface area contributed by atoms with Crippen LogP contribution < -0.4 is 0 Å². The molecule has 0 saturated heterocycles. The summed E-state index contributed by atoms with van der Waals surface area (Å²) in [5.74, 6) is -0.226. The van der Waals surface area contributed by atoms with E-state index in [1.807, 2.05) is 0 Å². The van der Waals surface area contributed by atoms with Gasteiger partial charge in [0.15, 0.2) is 0 Å². The van der Waals surface area contributed by atoms with Crippen LogP contribution in [0, 0.1) is 5.92 Å². The number of rotatable bonds is 7. The van der Waals surface area contributed by atoms with Crippen LogP contribution in [0.25, 0.3) is 0 Å². The molecular weight excluding hydrogens is 272 g/mol. The Hall–Kier alpha value is -1.30. The Morgan fingerprint density at radius 3 is 2.33 bits per heavy atom. The van der Waals surface area contributed by atoms with Gasteiger partial charge in [-0.3, -0.25) is 4.79 Å². The van der Waals surface area contributed by atoms with Crippen molar-refractivity contribution >= 4 is 12.0 Å². The van der Waals surface area contributed by atoms with Gasteiger partial charge in [-0.1, -0.05) is 13.3 Å². The van der Waals surface area contributed by atoms with Gasteiger partial charge in [0.05, 0.1) is 6.61 Å². The van der Waals surface area contributed by atoms with Crippen LogP contribution in [-0.4, -0.2) is 66.8 Å². The molecule has 1 N–H and O–H groups in total. The van der Waals surface area contributed by atoms with Gasteiger partial charge in [0.2, 0.25) is 0 Å². The molecule has 1 aliphatic carbocycles. The molecule has 0 spiro atoms. The standard InChI is InChI=1S/C15H28N2O4/c1-4-12-5-7-13(8-6-12)16(2)15(20)17(9-10-21-3)11-14(18)19/h12-13H,4-11H2,1-3H3,(H,18,19). The first-order valence-electron chi connectivity index (χ1n) is 7.72. The Balaban J connectivity index is 2.58. The number of nitrogens with zero attached hydrogens (tertiary/aromatic N) is 2. The van der Waals surface area contributed by atoms with E-state index in [4.69, 9.17) is 9.84 Å². The van der Waals surface area contributed by atoms with Gasteiger partial charge in [0, 0.05) is 26.7 Å². The van der Waals surface area contributed by atoms with Crippen LogP contribution >= 0.6 is 0 Å². The highest BCUT2D eigenvalue weighted by Gasteiger charge is 2.29. The fourth-order valence-corrected chi connectivity index (χ4v) is 2.93. The van der Waals surface area contributed by atoms with E-state index in [-0.39, 0.29) is 18.6 Å². The van der Waals surface area contributed by atoms with Crippen molar-refractivity contribution in [3.05, 3.63) is 0 Å². The lowest BCUT2D eigenvalue weighted by atomic mass is 9.84. The molecule has 0 aromatic rings. The largest absolute Gasteiger partial charge is 0.480 e. The van der Waals surface area contributed by atoms with Crippen LogP contribution in [-0.2, 0) is 9.53 Å². The summed E-state index contributed by atoms with van der Waals surface area (Å²) in [4.78, 5) is 26.4. The summed E-state index contributed by atoms with van der Waals surface area (Å²) < 4.78 is 4.95. The van der Waals surface area contributed by atoms with Crippen molar-refractivity contribution in [3.63, 3.8) is 0 Å². The molecule has 1 aliphatic rings. The number of carbonyl (C=O) groups excluding carboxylic acids is 1. The number of hydrogen-bond acceptors (Lipinski definition) is 3. The molecule has 0 unspecified atom stereocenters. The maximum Gasteiger partial charge on any atom is 0.323 e. The number of urea groups is 1. The smallest absolute Gasteiger partial charge is 0.323 e. The molecule has 1 rings (SSSR count). The summed E-state index contributed by atoms with van der Waals surface area (Å²) in [5, 5.41) is 8.94. The lowest BCUT2D eigenvalue weighted by Crippen LogP contribution is -2.49. The second-order valence-electron chi connectivity index (χ2n) is 5.78. The SMILES string of the molecule is CCC1CCC(N(C)C(=O)N(CCOC)CC(=O)O)CC1. The van der Waals surface area contributed by atoms with Crippen molar-refractivity contribution in [1.82, 2.24) is 9.80 Å². The van der Waals surface area contributed by atoms with Gasteiger partial charge in [-0.15, -0.1) is 0 Å². The van der Waals surface area contributed by atoms with Crippen molar-refractivity contribution in [3.8, 4) is 0 Å². The molecule has 6 nitrogen and oxygen atoms in total. The van der Waals surface area contributed by atoms with E-state index >= 15 is 0 Å². The van der Waals surface area contributed by atoms with Gasteiger partial charge in [0.25, 0.3) is 0 Å². The molecule has 0 aliphatic heterocycles. The van der Waals surface area contributed by atoms with E-state index in [0.29, 0.717) is 13.2 Å². The zero-order valence-corrected chi connectivity index (χ0v) is 13.4. The maximum atomic E-state index is 12.5. The quantitative estimate of drug-likeness (QED) is 0.781. The van der Waals surface area contributed by atoms with Gasteiger partial charge in [-0.05, 0) is 31.6 Å². The lowest BCUT2D eigenvalue weighted by Gasteiger charge is -2.37. The van der Waals surface area contributed by atoms with E-state index < -0.39 is 5.97 Å². The molecule has 2 amide bonds. The second kappa shape index (κ2) is 8.87. The van der Waals surface area contributed by atoms with Crippen LogP contribution in [0.5, 0.6) is 0 Å². The lowest BCUT2D eigenvalue weighted by molar-refractivity contribution is -0.137. The van der Waals surface area contributed by atoms with Crippen molar-refractivity contribution < 1.29 is 19.4 Å². The molecule has 0 heterocycles. The van der Waals surface area contributed by atoms with E-state index in [1.165, 1.54) is 11.3 Å². The Kier molecular flexibility index (Phi) is 7.50. The summed E-state index contributed by atoms with van der Waals surface area (Å²) in [6.45, 7) is 2.57. The highest BCUT2D eigenvalue weighted by atomic mass is 16.5. The van der Waals surface area contributed by atoms with Crippen LogP contribution in [0.4, 0.5) is 4.79 Å². The molecule has 1 saturated carbocycles. The van der Waals surface area contributed by atoms with E-state index in [2.05, 4.69) is 6.92 Å². The summed E-state index contributed by atoms with van der Waals surface area (Å²) in [6, 6.07) is 0.00791.